The second-order valence-electron chi connectivity index (χ2n) is 8.28. The third-order valence-electron chi connectivity index (χ3n) is 6.24. The summed E-state index contributed by atoms with van der Waals surface area (Å²) >= 11 is 0. The second-order valence-corrected chi connectivity index (χ2v) is 8.28. The van der Waals surface area contributed by atoms with Crippen molar-refractivity contribution in [2.45, 2.75) is 64.5 Å². The van der Waals surface area contributed by atoms with Gasteiger partial charge in [-0.15, -0.1) is 6.58 Å². The first-order valence-electron chi connectivity index (χ1n) is 10.3. The van der Waals surface area contributed by atoms with Gasteiger partial charge in [0.05, 0.1) is 5.56 Å². The summed E-state index contributed by atoms with van der Waals surface area (Å²) in [4.78, 5) is 0. The average molecular weight is 404 g/mol. The van der Waals surface area contributed by atoms with E-state index >= 15 is 4.39 Å². The van der Waals surface area contributed by atoms with Gasteiger partial charge in [0.25, 0.3) is 0 Å². The molecule has 0 N–H and O–H groups in total. The van der Waals surface area contributed by atoms with Gasteiger partial charge in [-0.05, 0) is 86.5 Å². The van der Waals surface area contributed by atoms with Crippen LogP contribution in [0.2, 0.25) is 0 Å². The molecule has 0 nitrogen and oxygen atoms in total. The van der Waals surface area contributed by atoms with Crippen molar-refractivity contribution in [3.05, 3.63) is 82.2 Å². The Labute approximate surface area is 170 Å². The molecule has 4 heteroatoms. The molecule has 0 aromatic heterocycles. The first-order valence-corrected chi connectivity index (χ1v) is 10.3. The number of aryl methyl sites for hydroxylation is 3. The van der Waals surface area contributed by atoms with E-state index in [0.717, 1.165) is 24.0 Å². The van der Waals surface area contributed by atoms with Crippen LogP contribution in [0, 0.1) is 25.6 Å². The fourth-order valence-corrected chi connectivity index (χ4v) is 4.46. The van der Waals surface area contributed by atoms with Gasteiger partial charge < -0.3 is 0 Å². The van der Waals surface area contributed by atoms with Crippen molar-refractivity contribution < 1.29 is 17.6 Å². The highest BCUT2D eigenvalue weighted by molar-refractivity contribution is 5.44. The third-order valence-corrected chi connectivity index (χ3v) is 6.24. The minimum Gasteiger partial charge on any atom is -0.206 e. The molecule has 1 aliphatic rings. The number of hydrogen-bond acceptors (Lipinski definition) is 0. The number of hydrogen-bond donors (Lipinski definition) is 0. The monoisotopic (exact) mass is 404 g/mol. The van der Waals surface area contributed by atoms with Crippen LogP contribution in [0.3, 0.4) is 0 Å². The zero-order valence-corrected chi connectivity index (χ0v) is 17.1. The first-order chi connectivity index (χ1) is 13.7. The minimum atomic E-state index is -4.70. The Morgan fingerprint density at radius 1 is 1.00 bits per heavy atom. The largest absolute Gasteiger partial charge is 0.419 e. The highest BCUT2D eigenvalue weighted by Gasteiger charge is 2.39. The molecule has 0 heterocycles. The van der Waals surface area contributed by atoms with E-state index in [2.05, 4.69) is 6.58 Å². The standard InChI is InChI=1S/C25H28F4/c1-4-18-9-12-20(13-10-18)22-15-17(3)21(23(24(22)26)25(27,28)29)14-11-19-7-5-16(2)6-8-19/h4-8,15,18,20H,1,9-14H2,2-3H3. The van der Waals surface area contributed by atoms with Crippen LogP contribution in [0.15, 0.2) is 43.0 Å². The molecule has 2 aromatic carbocycles. The summed E-state index contributed by atoms with van der Waals surface area (Å²) in [6, 6.07) is 9.38. The predicted octanol–water partition coefficient (Wildman–Crippen LogP) is 7.71. The lowest BCUT2D eigenvalue weighted by Gasteiger charge is -2.29. The van der Waals surface area contributed by atoms with E-state index in [-0.39, 0.29) is 23.5 Å². The van der Waals surface area contributed by atoms with Crippen LogP contribution in [-0.2, 0) is 19.0 Å². The molecule has 29 heavy (non-hydrogen) atoms. The maximum atomic E-state index is 15.2. The van der Waals surface area contributed by atoms with E-state index in [9.17, 15) is 13.2 Å². The predicted molar refractivity (Wildman–Crippen MR) is 110 cm³/mol. The molecule has 1 saturated carbocycles. The Balaban J connectivity index is 1.93. The zero-order valence-electron chi connectivity index (χ0n) is 17.1. The van der Waals surface area contributed by atoms with Gasteiger partial charge in [0, 0.05) is 0 Å². The number of allylic oxidation sites excluding steroid dienone is 1. The Bertz CT molecular complexity index is 854. The van der Waals surface area contributed by atoms with Crippen molar-refractivity contribution in [1.29, 1.82) is 0 Å². The molecule has 1 aliphatic carbocycles. The van der Waals surface area contributed by atoms with Crippen LogP contribution in [0.4, 0.5) is 17.6 Å². The molecule has 0 aliphatic heterocycles. The summed E-state index contributed by atoms with van der Waals surface area (Å²) < 4.78 is 56.8. The maximum absolute atomic E-state index is 15.2. The molecule has 1 fully saturated rings. The van der Waals surface area contributed by atoms with E-state index in [1.54, 1.807) is 13.0 Å². The highest BCUT2D eigenvalue weighted by atomic mass is 19.4. The normalized spacial score (nSPS) is 19.9. The Morgan fingerprint density at radius 3 is 2.17 bits per heavy atom. The zero-order chi connectivity index (χ0) is 21.2. The lowest BCUT2D eigenvalue weighted by molar-refractivity contribution is -0.140. The van der Waals surface area contributed by atoms with Crippen molar-refractivity contribution in [2.24, 2.45) is 5.92 Å². The summed E-state index contributed by atoms with van der Waals surface area (Å²) in [6.07, 6.45) is 0.920. The van der Waals surface area contributed by atoms with Crippen LogP contribution in [0.25, 0.3) is 0 Å². The Hall–Kier alpha value is -2.10. The van der Waals surface area contributed by atoms with Crippen molar-refractivity contribution in [3.63, 3.8) is 0 Å². The number of benzene rings is 2. The Kier molecular flexibility index (Phi) is 6.50. The second kappa shape index (κ2) is 8.73. The SMILES string of the molecule is C=CC1CCC(c2cc(C)c(CCc3ccc(C)cc3)c(C(F)(F)F)c2F)CC1. The number of rotatable bonds is 5. The molecule has 0 bridgehead atoms. The molecule has 0 spiro atoms. The van der Waals surface area contributed by atoms with Crippen molar-refractivity contribution in [1.82, 2.24) is 0 Å². The lowest BCUT2D eigenvalue weighted by atomic mass is 9.77. The average Bonchev–Trinajstić information content (AvgIpc) is 2.68. The fourth-order valence-electron chi connectivity index (χ4n) is 4.46. The molecular weight excluding hydrogens is 376 g/mol. The molecule has 0 amide bonds. The molecule has 0 atom stereocenters. The number of alkyl halides is 3. The van der Waals surface area contributed by atoms with Crippen LogP contribution in [0.1, 0.15) is 65.0 Å². The Morgan fingerprint density at radius 2 is 1.62 bits per heavy atom. The van der Waals surface area contributed by atoms with Crippen molar-refractivity contribution in [3.8, 4) is 0 Å². The minimum absolute atomic E-state index is 0.0825. The fraction of sp³-hybridized carbons (Fsp3) is 0.440. The molecule has 3 rings (SSSR count). The van der Waals surface area contributed by atoms with Gasteiger partial charge in [0.15, 0.2) is 0 Å². The van der Waals surface area contributed by atoms with Crippen molar-refractivity contribution in [2.75, 3.05) is 0 Å². The summed E-state index contributed by atoms with van der Waals surface area (Å²) in [5, 5.41) is 0. The topological polar surface area (TPSA) is 0 Å². The number of halogens is 4. The van der Waals surface area contributed by atoms with Crippen LogP contribution >= 0.6 is 0 Å². The first kappa shape index (κ1) is 21.6. The van der Waals surface area contributed by atoms with E-state index in [1.165, 1.54) is 0 Å². The summed E-state index contributed by atoms with van der Waals surface area (Å²) in [5.41, 5.74) is 1.84. The quantitative estimate of drug-likeness (QED) is 0.354. The summed E-state index contributed by atoms with van der Waals surface area (Å²) in [5.74, 6) is -0.840. The van der Waals surface area contributed by atoms with Gasteiger partial charge in [-0.1, -0.05) is 42.0 Å². The maximum Gasteiger partial charge on any atom is 0.419 e. The third kappa shape index (κ3) is 4.91. The van der Waals surface area contributed by atoms with Gasteiger partial charge >= 0.3 is 6.18 Å². The summed E-state index contributed by atoms with van der Waals surface area (Å²) in [6.45, 7) is 7.44. The van der Waals surface area contributed by atoms with Crippen LogP contribution in [0.5, 0.6) is 0 Å². The van der Waals surface area contributed by atoms with E-state index < -0.39 is 17.6 Å². The van der Waals surface area contributed by atoms with E-state index in [0.29, 0.717) is 30.7 Å². The molecular formula is C25H28F4. The van der Waals surface area contributed by atoms with Crippen molar-refractivity contribution >= 4 is 0 Å². The van der Waals surface area contributed by atoms with Gasteiger partial charge in [-0.2, -0.15) is 13.2 Å². The van der Waals surface area contributed by atoms with Crippen LogP contribution in [-0.4, -0.2) is 0 Å². The molecule has 156 valence electrons. The van der Waals surface area contributed by atoms with Gasteiger partial charge in [-0.25, -0.2) is 4.39 Å². The molecule has 2 aromatic rings. The highest BCUT2D eigenvalue weighted by Crippen LogP contribution is 2.43. The van der Waals surface area contributed by atoms with Gasteiger partial charge in [0.1, 0.15) is 5.82 Å². The molecule has 0 unspecified atom stereocenters. The smallest absolute Gasteiger partial charge is 0.206 e. The van der Waals surface area contributed by atoms with Crippen LogP contribution < -0.4 is 0 Å². The summed E-state index contributed by atoms with van der Waals surface area (Å²) in [7, 11) is 0. The molecule has 0 saturated heterocycles. The van der Waals surface area contributed by atoms with Gasteiger partial charge in [0.2, 0.25) is 0 Å². The van der Waals surface area contributed by atoms with Gasteiger partial charge in [-0.3, -0.25) is 0 Å². The molecule has 0 radical (unpaired) electrons. The lowest BCUT2D eigenvalue weighted by Crippen LogP contribution is -2.19. The van der Waals surface area contributed by atoms with E-state index in [1.807, 2.05) is 37.3 Å². The van der Waals surface area contributed by atoms with E-state index in [4.69, 9.17) is 0 Å².